The van der Waals surface area contributed by atoms with Crippen molar-refractivity contribution in [3.05, 3.63) is 47.0 Å². The van der Waals surface area contributed by atoms with Crippen LogP contribution in [0.25, 0.3) is 11.0 Å². The number of benzene rings is 2. The van der Waals surface area contributed by atoms with Crippen LogP contribution in [-0.2, 0) is 21.4 Å². The lowest BCUT2D eigenvalue weighted by molar-refractivity contribution is -0.113. The van der Waals surface area contributed by atoms with Gasteiger partial charge in [0.25, 0.3) is 0 Å². The van der Waals surface area contributed by atoms with Gasteiger partial charge in [-0.2, -0.15) is 0 Å². The number of hydrogen-bond donors (Lipinski definition) is 2. The zero-order valence-electron chi connectivity index (χ0n) is 16.8. The van der Waals surface area contributed by atoms with Gasteiger partial charge in [-0.15, -0.1) is 0 Å². The third-order valence-corrected chi connectivity index (χ3v) is 6.49. The van der Waals surface area contributed by atoms with Crippen LogP contribution >= 0.6 is 11.8 Å². The highest BCUT2D eigenvalue weighted by molar-refractivity contribution is 7.99. The van der Waals surface area contributed by atoms with Crippen molar-refractivity contribution in [2.75, 3.05) is 11.1 Å². The van der Waals surface area contributed by atoms with Crippen LogP contribution in [0.3, 0.4) is 0 Å². The Kier molecular flexibility index (Phi) is 6.02. The lowest BCUT2D eigenvalue weighted by atomic mass is 10.1. The molecule has 29 heavy (non-hydrogen) atoms. The average molecular weight is 433 g/mol. The maximum atomic E-state index is 12.5. The number of nitrogens with one attached hydrogen (secondary N) is 1. The number of primary sulfonamides is 1. The minimum atomic E-state index is -3.80. The van der Waals surface area contributed by atoms with Gasteiger partial charge in [-0.1, -0.05) is 29.5 Å². The first-order chi connectivity index (χ1) is 13.6. The van der Waals surface area contributed by atoms with Gasteiger partial charge in [0.2, 0.25) is 15.9 Å². The number of aryl methyl sites for hydroxylation is 4. The summed E-state index contributed by atoms with van der Waals surface area (Å²) in [4.78, 5) is 17.0. The molecule has 1 amide bonds. The number of imidazole rings is 1. The molecule has 3 rings (SSSR count). The Labute approximate surface area is 174 Å². The summed E-state index contributed by atoms with van der Waals surface area (Å²) in [6.07, 6.45) is 0. The lowest BCUT2D eigenvalue weighted by Crippen LogP contribution is -2.16. The Bertz CT molecular complexity index is 1180. The molecule has 0 spiro atoms. The molecule has 0 fully saturated rings. The van der Waals surface area contributed by atoms with Gasteiger partial charge in [0.15, 0.2) is 5.16 Å². The maximum Gasteiger partial charge on any atom is 0.238 e. The first-order valence-corrected chi connectivity index (χ1v) is 11.7. The summed E-state index contributed by atoms with van der Waals surface area (Å²) in [5.74, 6) is 0.0722. The molecule has 0 aliphatic rings. The summed E-state index contributed by atoms with van der Waals surface area (Å²) in [5, 5.41) is 8.85. The molecule has 0 atom stereocenters. The molecule has 0 radical (unpaired) electrons. The molecule has 0 aliphatic carbocycles. The number of carbonyl (C=O) groups is 1. The number of nitrogens with zero attached hydrogens (tertiary/aromatic N) is 2. The lowest BCUT2D eigenvalue weighted by Gasteiger charge is -2.13. The van der Waals surface area contributed by atoms with Gasteiger partial charge < -0.3 is 9.88 Å². The van der Waals surface area contributed by atoms with Crippen LogP contribution in [0.4, 0.5) is 5.69 Å². The van der Waals surface area contributed by atoms with E-state index in [0.29, 0.717) is 17.2 Å². The van der Waals surface area contributed by atoms with Crippen LogP contribution in [0.2, 0.25) is 0 Å². The van der Waals surface area contributed by atoms with E-state index in [0.717, 1.165) is 27.9 Å². The second-order valence-electron chi connectivity index (χ2n) is 6.94. The topological polar surface area (TPSA) is 107 Å². The SMILES string of the molecule is CCn1c(SCC(=O)Nc2c(C)cc(C)cc2C)nc2cc(S(N)(=O)=O)ccc21. The largest absolute Gasteiger partial charge is 0.325 e. The quantitative estimate of drug-likeness (QED) is 0.581. The third-order valence-electron chi connectivity index (χ3n) is 4.60. The van der Waals surface area contributed by atoms with E-state index in [1.54, 1.807) is 6.07 Å². The summed E-state index contributed by atoms with van der Waals surface area (Å²) in [7, 11) is -3.80. The van der Waals surface area contributed by atoms with Crippen molar-refractivity contribution in [2.24, 2.45) is 5.14 Å². The summed E-state index contributed by atoms with van der Waals surface area (Å²) >= 11 is 1.31. The van der Waals surface area contributed by atoms with Gasteiger partial charge in [-0.25, -0.2) is 18.5 Å². The van der Waals surface area contributed by atoms with Crippen molar-refractivity contribution in [1.82, 2.24) is 9.55 Å². The fraction of sp³-hybridized carbons (Fsp3) is 0.300. The number of rotatable bonds is 6. The number of anilines is 1. The minimum Gasteiger partial charge on any atom is -0.325 e. The van der Waals surface area contributed by atoms with Gasteiger partial charge >= 0.3 is 0 Å². The van der Waals surface area contributed by atoms with E-state index in [1.807, 2.05) is 44.4 Å². The van der Waals surface area contributed by atoms with Crippen molar-refractivity contribution in [2.45, 2.75) is 44.3 Å². The summed E-state index contributed by atoms with van der Waals surface area (Å²) in [6.45, 7) is 8.59. The Hall–Kier alpha value is -2.36. The first kappa shape index (κ1) is 21.4. The molecule has 3 N–H and O–H groups in total. The highest BCUT2D eigenvalue weighted by Crippen LogP contribution is 2.27. The fourth-order valence-corrected chi connectivity index (χ4v) is 4.78. The molecule has 9 heteroatoms. The number of hydrogen-bond acceptors (Lipinski definition) is 5. The van der Waals surface area contributed by atoms with Gasteiger partial charge in [0, 0.05) is 12.2 Å². The van der Waals surface area contributed by atoms with E-state index in [9.17, 15) is 13.2 Å². The Morgan fingerprint density at radius 2 is 1.83 bits per heavy atom. The number of carbonyl (C=O) groups excluding carboxylic acids is 1. The van der Waals surface area contributed by atoms with Crippen LogP contribution in [0.5, 0.6) is 0 Å². The van der Waals surface area contributed by atoms with Crippen molar-refractivity contribution in [1.29, 1.82) is 0 Å². The smallest absolute Gasteiger partial charge is 0.238 e. The second kappa shape index (κ2) is 8.17. The molecule has 2 aromatic carbocycles. The standard InChI is InChI=1S/C20H24N4O3S2/c1-5-24-17-7-6-15(29(21,26)27)10-16(17)22-20(24)28-11-18(25)23-19-13(3)8-12(2)9-14(19)4/h6-10H,5,11H2,1-4H3,(H,23,25)(H2,21,26,27). The van der Waals surface area contributed by atoms with E-state index < -0.39 is 10.0 Å². The van der Waals surface area contributed by atoms with Crippen molar-refractivity contribution in [3.8, 4) is 0 Å². The van der Waals surface area contributed by atoms with E-state index in [4.69, 9.17) is 5.14 Å². The van der Waals surface area contributed by atoms with E-state index in [-0.39, 0.29) is 16.6 Å². The number of thioether (sulfide) groups is 1. The van der Waals surface area contributed by atoms with Crippen molar-refractivity contribution >= 4 is 44.4 Å². The fourth-order valence-electron chi connectivity index (χ4n) is 3.36. The third kappa shape index (κ3) is 4.63. The van der Waals surface area contributed by atoms with Gasteiger partial charge in [-0.05, 0) is 57.0 Å². The van der Waals surface area contributed by atoms with Crippen LogP contribution < -0.4 is 10.5 Å². The predicted molar refractivity (Wildman–Crippen MR) is 117 cm³/mol. The number of sulfonamides is 1. The molecular formula is C20H24N4O3S2. The van der Waals surface area contributed by atoms with E-state index in [1.165, 1.54) is 23.9 Å². The molecule has 0 saturated heterocycles. The molecule has 7 nitrogen and oxygen atoms in total. The maximum absolute atomic E-state index is 12.5. The normalized spacial score (nSPS) is 11.8. The van der Waals surface area contributed by atoms with Gasteiger partial charge in [-0.3, -0.25) is 4.79 Å². The Morgan fingerprint density at radius 3 is 2.41 bits per heavy atom. The number of amides is 1. The zero-order valence-corrected chi connectivity index (χ0v) is 18.4. The molecule has 0 bridgehead atoms. The van der Waals surface area contributed by atoms with E-state index in [2.05, 4.69) is 10.3 Å². The van der Waals surface area contributed by atoms with Crippen molar-refractivity contribution < 1.29 is 13.2 Å². The highest BCUT2D eigenvalue weighted by atomic mass is 32.2. The van der Waals surface area contributed by atoms with Crippen LogP contribution in [0, 0.1) is 20.8 Å². The molecular weight excluding hydrogens is 408 g/mol. The summed E-state index contributed by atoms with van der Waals surface area (Å²) in [6, 6.07) is 8.69. The van der Waals surface area contributed by atoms with Crippen LogP contribution in [0.15, 0.2) is 40.4 Å². The molecule has 0 saturated carbocycles. The molecule has 0 aliphatic heterocycles. The number of nitrogens with two attached hydrogens (primary N) is 1. The summed E-state index contributed by atoms with van der Waals surface area (Å²) in [5.41, 5.74) is 5.37. The Morgan fingerprint density at radius 1 is 1.17 bits per heavy atom. The molecule has 154 valence electrons. The minimum absolute atomic E-state index is 0.0189. The predicted octanol–water partition coefficient (Wildman–Crippen LogP) is 3.36. The average Bonchev–Trinajstić information content (AvgIpc) is 2.98. The zero-order chi connectivity index (χ0) is 21.3. The second-order valence-corrected chi connectivity index (χ2v) is 9.45. The number of fused-ring (bicyclic) bond motifs is 1. The Balaban J connectivity index is 1.80. The molecule has 0 unspecified atom stereocenters. The van der Waals surface area contributed by atoms with Gasteiger partial charge in [0.05, 0.1) is 21.7 Å². The number of aromatic nitrogens is 2. The molecule has 3 aromatic rings. The van der Waals surface area contributed by atoms with E-state index >= 15 is 0 Å². The molecule has 1 aromatic heterocycles. The van der Waals surface area contributed by atoms with Crippen LogP contribution in [0.1, 0.15) is 23.6 Å². The highest BCUT2D eigenvalue weighted by Gasteiger charge is 2.16. The van der Waals surface area contributed by atoms with Crippen molar-refractivity contribution in [3.63, 3.8) is 0 Å². The van der Waals surface area contributed by atoms with Gasteiger partial charge in [0.1, 0.15) is 0 Å². The monoisotopic (exact) mass is 432 g/mol. The molecule has 1 heterocycles. The van der Waals surface area contributed by atoms with Crippen LogP contribution in [-0.4, -0.2) is 29.6 Å². The summed E-state index contributed by atoms with van der Waals surface area (Å²) < 4.78 is 25.1. The first-order valence-electron chi connectivity index (χ1n) is 9.13.